The zero-order valence-electron chi connectivity index (χ0n) is 13.5. The highest BCUT2D eigenvalue weighted by atomic mass is 15.3. The van der Waals surface area contributed by atoms with Gasteiger partial charge >= 0.3 is 0 Å². The predicted octanol–water partition coefficient (Wildman–Crippen LogP) is 3.04. The minimum Gasteiger partial charge on any atom is -0.316 e. The van der Waals surface area contributed by atoms with Crippen LogP contribution in [-0.2, 0) is 13.0 Å². The van der Waals surface area contributed by atoms with Gasteiger partial charge in [-0.3, -0.25) is 0 Å². The lowest BCUT2D eigenvalue weighted by Crippen LogP contribution is -2.45. The van der Waals surface area contributed by atoms with E-state index in [-0.39, 0.29) is 0 Å². The van der Waals surface area contributed by atoms with E-state index in [1.54, 1.807) is 6.33 Å². The average Bonchev–Trinajstić information content (AvgIpc) is 2.83. The van der Waals surface area contributed by atoms with Gasteiger partial charge in [-0.25, -0.2) is 9.67 Å². The van der Waals surface area contributed by atoms with Gasteiger partial charge in [-0.05, 0) is 31.2 Å². The van der Waals surface area contributed by atoms with Gasteiger partial charge in [0.1, 0.15) is 12.2 Å². The third-order valence-corrected chi connectivity index (χ3v) is 4.81. The summed E-state index contributed by atoms with van der Waals surface area (Å²) >= 11 is 0. The Kier molecular flexibility index (Phi) is 5.19. The molecule has 1 atom stereocenters. The van der Waals surface area contributed by atoms with Crippen molar-refractivity contribution in [2.45, 2.75) is 71.9 Å². The number of aromatic nitrogens is 3. The van der Waals surface area contributed by atoms with Crippen molar-refractivity contribution in [2.24, 2.45) is 11.3 Å². The van der Waals surface area contributed by atoms with Gasteiger partial charge in [0.05, 0.1) is 0 Å². The summed E-state index contributed by atoms with van der Waals surface area (Å²) in [5.74, 6) is 1.73. The van der Waals surface area contributed by atoms with Crippen LogP contribution in [-0.4, -0.2) is 27.9 Å². The van der Waals surface area contributed by atoms with Gasteiger partial charge in [0.2, 0.25) is 0 Å². The summed E-state index contributed by atoms with van der Waals surface area (Å²) in [4.78, 5) is 4.49. The SMILES string of the molecule is CNC(Cc1ncnn1CC(C)C)C1(C)CCCCC1. The van der Waals surface area contributed by atoms with Crippen molar-refractivity contribution >= 4 is 0 Å². The van der Waals surface area contributed by atoms with Crippen molar-refractivity contribution in [3.63, 3.8) is 0 Å². The van der Waals surface area contributed by atoms with Gasteiger partial charge in [-0.1, -0.05) is 40.0 Å². The Bertz CT molecular complexity index is 404. The number of nitrogens with zero attached hydrogens (tertiary/aromatic N) is 3. The van der Waals surface area contributed by atoms with Crippen LogP contribution in [0, 0.1) is 11.3 Å². The highest BCUT2D eigenvalue weighted by molar-refractivity contribution is 4.97. The molecule has 1 aromatic heterocycles. The van der Waals surface area contributed by atoms with Gasteiger partial charge < -0.3 is 5.32 Å². The predicted molar refractivity (Wildman–Crippen MR) is 82.6 cm³/mol. The number of hydrogen-bond acceptors (Lipinski definition) is 3. The highest BCUT2D eigenvalue weighted by Crippen LogP contribution is 2.39. The molecular formula is C16H30N4. The lowest BCUT2D eigenvalue weighted by atomic mass is 9.69. The van der Waals surface area contributed by atoms with E-state index >= 15 is 0 Å². The lowest BCUT2D eigenvalue weighted by molar-refractivity contribution is 0.146. The molecule has 0 radical (unpaired) electrons. The Morgan fingerprint density at radius 3 is 2.60 bits per heavy atom. The molecule has 0 aliphatic heterocycles. The maximum Gasteiger partial charge on any atom is 0.138 e. The molecule has 1 aliphatic rings. The molecule has 1 heterocycles. The number of rotatable bonds is 6. The summed E-state index contributed by atoms with van der Waals surface area (Å²) in [7, 11) is 2.09. The molecule has 20 heavy (non-hydrogen) atoms. The molecule has 4 heteroatoms. The van der Waals surface area contributed by atoms with Crippen LogP contribution >= 0.6 is 0 Å². The monoisotopic (exact) mass is 278 g/mol. The Labute approximate surface area is 123 Å². The Morgan fingerprint density at radius 2 is 2.00 bits per heavy atom. The Balaban J connectivity index is 2.08. The van der Waals surface area contributed by atoms with E-state index in [0.717, 1.165) is 18.8 Å². The minimum absolute atomic E-state index is 0.404. The highest BCUT2D eigenvalue weighted by Gasteiger charge is 2.35. The van der Waals surface area contributed by atoms with E-state index in [9.17, 15) is 0 Å². The molecular weight excluding hydrogens is 248 g/mol. The molecule has 1 saturated carbocycles. The maximum absolute atomic E-state index is 4.49. The van der Waals surface area contributed by atoms with Crippen LogP contribution in [0.15, 0.2) is 6.33 Å². The van der Waals surface area contributed by atoms with Gasteiger partial charge in [-0.15, -0.1) is 0 Å². The second kappa shape index (κ2) is 6.70. The first-order valence-corrected chi connectivity index (χ1v) is 8.09. The molecule has 1 unspecified atom stereocenters. The fourth-order valence-electron chi connectivity index (χ4n) is 3.53. The van der Waals surface area contributed by atoms with Gasteiger partial charge in [-0.2, -0.15) is 5.10 Å². The zero-order valence-corrected chi connectivity index (χ0v) is 13.5. The summed E-state index contributed by atoms with van der Waals surface area (Å²) in [6.07, 6.45) is 9.48. The Hall–Kier alpha value is -0.900. The quantitative estimate of drug-likeness (QED) is 0.869. The second-order valence-electron chi connectivity index (χ2n) is 7.01. The summed E-state index contributed by atoms with van der Waals surface area (Å²) in [5, 5.41) is 7.94. The molecule has 1 fully saturated rings. The van der Waals surface area contributed by atoms with Crippen LogP contribution < -0.4 is 5.32 Å². The van der Waals surface area contributed by atoms with E-state index in [1.807, 2.05) is 0 Å². The van der Waals surface area contributed by atoms with Crippen molar-refractivity contribution in [2.75, 3.05) is 7.05 Å². The van der Waals surface area contributed by atoms with E-state index in [0.29, 0.717) is 17.4 Å². The molecule has 114 valence electrons. The smallest absolute Gasteiger partial charge is 0.138 e. The van der Waals surface area contributed by atoms with E-state index < -0.39 is 0 Å². The summed E-state index contributed by atoms with van der Waals surface area (Å²) in [5.41, 5.74) is 0.404. The van der Waals surface area contributed by atoms with E-state index in [2.05, 4.69) is 47.9 Å². The van der Waals surface area contributed by atoms with Crippen molar-refractivity contribution in [1.82, 2.24) is 20.1 Å². The third kappa shape index (κ3) is 3.60. The van der Waals surface area contributed by atoms with Crippen molar-refractivity contribution in [3.05, 3.63) is 12.2 Å². The van der Waals surface area contributed by atoms with Crippen molar-refractivity contribution < 1.29 is 0 Å². The molecule has 4 nitrogen and oxygen atoms in total. The molecule has 1 aliphatic carbocycles. The maximum atomic E-state index is 4.49. The van der Waals surface area contributed by atoms with Crippen LogP contribution in [0.4, 0.5) is 0 Å². The molecule has 0 amide bonds. The van der Waals surface area contributed by atoms with E-state index in [4.69, 9.17) is 0 Å². The average molecular weight is 278 g/mol. The summed E-state index contributed by atoms with van der Waals surface area (Å²) in [6.45, 7) is 7.85. The largest absolute Gasteiger partial charge is 0.316 e. The summed E-state index contributed by atoms with van der Waals surface area (Å²) in [6, 6.07) is 0.498. The molecule has 0 bridgehead atoms. The standard InChI is InChI=1S/C16H30N4/c1-13(2)11-20-15(18-12-19-20)10-14(17-4)16(3)8-6-5-7-9-16/h12-14,17H,5-11H2,1-4H3. The van der Waals surface area contributed by atoms with Crippen LogP contribution in [0.3, 0.4) is 0 Å². The van der Waals surface area contributed by atoms with Gasteiger partial charge in [0.15, 0.2) is 0 Å². The van der Waals surface area contributed by atoms with Crippen LogP contribution in [0.25, 0.3) is 0 Å². The third-order valence-electron chi connectivity index (χ3n) is 4.81. The topological polar surface area (TPSA) is 42.7 Å². The molecule has 0 aromatic carbocycles. The van der Waals surface area contributed by atoms with Crippen molar-refractivity contribution in [1.29, 1.82) is 0 Å². The first-order chi connectivity index (χ1) is 9.55. The first kappa shape index (κ1) is 15.5. The van der Waals surface area contributed by atoms with Gasteiger partial charge in [0.25, 0.3) is 0 Å². The van der Waals surface area contributed by atoms with Crippen LogP contribution in [0.5, 0.6) is 0 Å². The second-order valence-corrected chi connectivity index (χ2v) is 7.01. The molecule has 0 spiro atoms. The number of nitrogens with one attached hydrogen (secondary N) is 1. The normalized spacial score (nSPS) is 20.2. The molecule has 2 rings (SSSR count). The first-order valence-electron chi connectivity index (χ1n) is 8.09. The zero-order chi connectivity index (χ0) is 14.6. The Morgan fingerprint density at radius 1 is 1.30 bits per heavy atom. The summed E-state index contributed by atoms with van der Waals surface area (Å²) < 4.78 is 2.08. The lowest BCUT2D eigenvalue weighted by Gasteiger charge is -2.40. The molecule has 0 saturated heterocycles. The molecule has 1 N–H and O–H groups in total. The molecule has 1 aromatic rings. The van der Waals surface area contributed by atoms with Crippen LogP contribution in [0.1, 0.15) is 58.7 Å². The fourth-order valence-corrected chi connectivity index (χ4v) is 3.53. The number of hydrogen-bond donors (Lipinski definition) is 1. The van der Waals surface area contributed by atoms with Crippen molar-refractivity contribution in [3.8, 4) is 0 Å². The van der Waals surface area contributed by atoms with Gasteiger partial charge in [0, 0.05) is 19.0 Å². The van der Waals surface area contributed by atoms with E-state index in [1.165, 1.54) is 32.1 Å². The minimum atomic E-state index is 0.404. The fraction of sp³-hybridized carbons (Fsp3) is 0.875. The number of likely N-dealkylation sites (N-methyl/N-ethyl adjacent to an activating group) is 1. The van der Waals surface area contributed by atoms with Crippen LogP contribution in [0.2, 0.25) is 0 Å².